The summed E-state index contributed by atoms with van der Waals surface area (Å²) in [5.74, 6) is -0.132. The highest BCUT2D eigenvalue weighted by molar-refractivity contribution is 5.69. The summed E-state index contributed by atoms with van der Waals surface area (Å²) in [5, 5.41) is 8.38. The molecule has 0 bridgehead atoms. The molecule has 2 aromatic carbocycles. The van der Waals surface area contributed by atoms with Crippen LogP contribution in [0.5, 0.6) is 11.5 Å². The molecule has 0 aliphatic rings. The van der Waals surface area contributed by atoms with Gasteiger partial charge in [0.15, 0.2) is 0 Å². The SMILES string of the molecule is COC(=O)CC(C)CCOc1ccc(F)cc1.O=C(O)CCCCOc1ccc(F)cc1. The number of esters is 1. The van der Waals surface area contributed by atoms with Crippen LogP contribution < -0.4 is 9.47 Å². The summed E-state index contributed by atoms with van der Waals surface area (Å²) in [5.41, 5.74) is 0. The van der Waals surface area contributed by atoms with Gasteiger partial charge >= 0.3 is 11.9 Å². The van der Waals surface area contributed by atoms with Gasteiger partial charge in [-0.05, 0) is 73.7 Å². The normalized spacial score (nSPS) is 11.0. The van der Waals surface area contributed by atoms with E-state index in [2.05, 4.69) is 4.74 Å². The zero-order chi connectivity index (χ0) is 23.8. The fraction of sp³-hybridized carbons (Fsp3) is 0.417. The number of ether oxygens (including phenoxy) is 3. The van der Waals surface area contributed by atoms with Crippen LogP contribution in [0, 0.1) is 17.6 Å². The predicted octanol–water partition coefficient (Wildman–Crippen LogP) is 5.25. The molecule has 1 N–H and O–H groups in total. The van der Waals surface area contributed by atoms with E-state index >= 15 is 0 Å². The molecule has 1 unspecified atom stereocenters. The van der Waals surface area contributed by atoms with Gasteiger partial charge in [0.2, 0.25) is 0 Å². The monoisotopic (exact) mass is 452 g/mol. The van der Waals surface area contributed by atoms with Crippen molar-refractivity contribution in [1.29, 1.82) is 0 Å². The Morgan fingerprint density at radius 3 is 1.84 bits per heavy atom. The lowest BCUT2D eigenvalue weighted by molar-refractivity contribution is -0.141. The van der Waals surface area contributed by atoms with Crippen LogP contribution in [0.1, 0.15) is 39.0 Å². The van der Waals surface area contributed by atoms with E-state index in [1.165, 1.54) is 31.4 Å². The molecular weight excluding hydrogens is 422 g/mol. The first-order valence-electron chi connectivity index (χ1n) is 10.4. The van der Waals surface area contributed by atoms with Crippen molar-refractivity contribution >= 4 is 11.9 Å². The molecule has 176 valence electrons. The minimum Gasteiger partial charge on any atom is -0.494 e. The third-order valence-corrected chi connectivity index (χ3v) is 4.30. The zero-order valence-electron chi connectivity index (χ0n) is 18.4. The van der Waals surface area contributed by atoms with Gasteiger partial charge in [0.1, 0.15) is 23.1 Å². The summed E-state index contributed by atoms with van der Waals surface area (Å²) < 4.78 is 40.4. The molecule has 0 aliphatic carbocycles. The largest absolute Gasteiger partial charge is 0.494 e. The summed E-state index contributed by atoms with van der Waals surface area (Å²) in [7, 11) is 1.38. The molecular formula is C24H30F2O6. The standard InChI is InChI=1S/C13H17FO3.C11H13FO3/c1-10(9-13(15)16-2)7-8-17-12-5-3-11(14)4-6-12;12-9-4-6-10(7-5-9)15-8-2-1-3-11(13)14/h3-6,10H,7-9H2,1-2H3;4-7H,1-3,8H2,(H,13,14). The van der Waals surface area contributed by atoms with Crippen LogP contribution in [-0.2, 0) is 14.3 Å². The minimum absolute atomic E-state index is 0.160. The van der Waals surface area contributed by atoms with Crippen LogP contribution in [0.15, 0.2) is 48.5 Å². The van der Waals surface area contributed by atoms with Gasteiger partial charge in [-0.3, -0.25) is 9.59 Å². The number of carboxylic acid groups (broad SMARTS) is 1. The molecule has 0 heterocycles. The van der Waals surface area contributed by atoms with Gasteiger partial charge in [-0.15, -0.1) is 0 Å². The maximum absolute atomic E-state index is 12.6. The quantitative estimate of drug-likeness (QED) is 0.350. The molecule has 1 atom stereocenters. The number of carboxylic acids is 1. The summed E-state index contributed by atoms with van der Waals surface area (Å²) >= 11 is 0. The Morgan fingerprint density at radius 1 is 0.875 bits per heavy atom. The molecule has 2 rings (SSSR count). The van der Waals surface area contributed by atoms with Crippen LogP contribution in [0.25, 0.3) is 0 Å². The molecule has 0 spiro atoms. The predicted molar refractivity (Wildman–Crippen MR) is 116 cm³/mol. The second kappa shape index (κ2) is 15.6. The maximum Gasteiger partial charge on any atom is 0.305 e. The van der Waals surface area contributed by atoms with E-state index in [-0.39, 0.29) is 29.9 Å². The van der Waals surface area contributed by atoms with Gasteiger partial charge in [-0.2, -0.15) is 0 Å². The number of carbonyl (C=O) groups is 2. The average molecular weight is 452 g/mol. The second-order valence-corrected chi connectivity index (χ2v) is 7.13. The van der Waals surface area contributed by atoms with E-state index in [9.17, 15) is 18.4 Å². The molecule has 32 heavy (non-hydrogen) atoms. The number of hydrogen-bond donors (Lipinski definition) is 1. The molecule has 8 heteroatoms. The van der Waals surface area contributed by atoms with Crippen LogP contribution in [0.4, 0.5) is 8.78 Å². The Morgan fingerprint density at radius 2 is 1.38 bits per heavy atom. The minimum atomic E-state index is -0.795. The Bertz CT molecular complexity index is 793. The molecule has 0 saturated heterocycles. The van der Waals surface area contributed by atoms with Gasteiger partial charge in [-0.1, -0.05) is 6.92 Å². The second-order valence-electron chi connectivity index (χ2n) is 7.13. The van der Waals surface area contributed by atoms with E-state index in [4.69, 9.17) is 14.6 Å². The molecule has 0 aliphatic heterocycles. The summed E-state index contributed by atoms with van der Waals surface area (Å²) in [6, 6.07) is 11.6. The van der Waals surface area contributed by atoms with Crippen molar-refractivity contribution in [2.45, 2.75) is 39.0 Å². The van der Waals surface area contributed by atoms with E-state index in [0.717, 1.165) is 6.42 Å². The highest BCUT2D eigenvalue weighted by Gasteiger charge is 2.09. The average Bonchev–Trinajstić information content (AvgIpc) is 2.76. The number of benzene rings is 2. The molecule has 0 fully saturated rings. The van der Waals surface area contributed by atoms with Crippen molar-refractivity contribution in [1.82, 2.24) is 0 Å². The topological polar surface area (TPSA) is 82.1 Å². The van der Waals surface area contributed by atoms with E-state index < -0.39 is 5.97 Å². The number of hydrogen-bond acceptors (Lipinski definition) is 5. The van der Waals surface area contributed by atoms with Crippen LogP contribution in [0.3, 0.4) is 0 Å². The fourth-order valence-corrected chi connectivity index (χ4v) is 2.48. The lowest BCUT2D eigenvalue weighted by Gasteiger charge is -2.11. The first-order chi connectivity index (χ1) is 15.3. The molecule has 0 aromatic heterocycles. The number of rotatable bonds is 12. The lowest BCUT2D eigenvalue weighted by atomic mass is 10.1. The number of halogens is 2. The molecule has 0 saturated carbocycles. The smallest absolute Gasteiger partial charge is 0.305 e. The van der Waals surface area contributed by atoms with Gasteiger partial charge in [0, 0.05) is 12.8 Å². The van der Waals surface area contributed by atoms with Crippen molar-refractivity contribution in [2.24, 2.45) is 5.92 Å². The number of methoxy groups -OCH3 is 1. The van der Waals surface area contributed by atoms with E-state index in [1.807, 2.05) is 6.92 Å². The van der Waals surface area contributed by atoms with Crippen molar-refractivity contribution in [3.05, 3.63) is 60.2 Å². The highest BCUT2D eigenvalue weighted by Crippen LogP contribution is 2.14. The lowest BCUT2D eigenvalue weighted by Crippen LogP contribution is -2.10. The van der Waals surface area contributed by atoms with Crippen LogP contribution >= 0.6 is 0 Å². The molecule has 0 amide bonds. The van der Waals surface area contributed by atoms with Crippen molar-refractivity contribution < 1.29 is 37.7 Å². The van der Waals surface area contributed by atoms with Gasteiger partial charge in [0.25, 0.3) is 0 Å². The summed E-state index contributed by atoms with van der Waals surface area (Å²) in [6.45, 7) is 2.92. The Hall–Kier alpha value is -3.16. The fourth-order valence-electron chi connectivity index (χ4n) is 2.48. The first kappa shape index (κ1) is 26.9. The summed E-state index contributed by atoms with van der Waals surface area (Å²) in [4.78, 5) is 21.2. The Labute approximate surface area is 187 Å². The van der Waals surface area contributed by atoms with Crippen molar-refractivity contribution in [3.63, 3.8) is 0 Å². The summed E-state index contributed by atoms with van der Waals surface area (Å²) in [6.07, 6.45) is 2.59. The third-order valence-electron chi connectivity index (χ3n) is 4.30. The Kier molecular flexibility index (Phi) is 13.1. The van der Waals surface area contributed by atoms with Crippen molar-refractivity contribution in [2.75, 3.05) is 20.3 Å². The zero-order valence-corrected chi connectivity index (χ0v) is 18.4. The molecule has 6 nitrogen and oxygen atoms in total. The van der Waals surface area contributed by atoms with Crippen LogP contribution in [0.2, 0.25) is 0 Å². The van der Waals surface area contributed by atoms with Gasteiger partial charge < -0.3 is 19.3 Å². The van der Waals surface area contributed by atoms with E-state index in [1.54, 1.807) is 24.3 Å². The van der Waals surface area contributed by atoms with Gasteiger partial charge in [-0.25, -0.2) is 8.78 Å². The molecule has 2 aromatic rings. The number of aliphatic carboxylic acids is 1. The van der Waals surface area contributed by atoms with Crippen molar-refractivity contribution in [3.8, 4) is 11.5 Å². The van der Waals surface area contributed by atoms with Gasteiger partial charge in [0.05, 0.1) is 20.3 Å². The first-order valence-corrected chi connectivity index (χ1v) is 10.4. The number of carbonyl (C=O) groups excluding carboxylic acids is 1. The van der Waals surface area contributed by atoms with Crippen LogP contribution in [-0.4, -0.2) is 37.4 Å². The molecule has 0 radical (unpaired) electrons. The Balaban J connectivity index is 0.000000323. The third kappa shape index (κ3) is 13.2. The highest BCUT2D eigenvalue weighted by atomic mass is 19.1. The maximum atomic E-state index is 12.6. The number of unbranched alkanes of at least 4 members (excludes halogenated alkanes) is 1. The van der Waals surface area contributed by atoms with E-state index in [0.29, 0.717) is 44.0 Å².